The third-order valence-corrected chi connectivity index (χ3v) is 5.09. The number of rotatable bonds is 4. The fraction of sp³-hybridized carbons (Fsp3) is 0.217. The highest BCUT2D eigenvalue weighted by molar-refractivity contribution is 5.79. The molecule has 4 rings (SSSR count). The number of hydrogen-bond donors (Lipinski definition) is 0. The Morgan fingerprint density at radius 1 is 0.926 bits per heavy atom. The van der Waals surface area contributed by atoms with E-state index in [1.54, 1.807) is 0 Å². The number of imidazole rings is 1. The fourth-order valence-electron chi connectivity index (χ4n) is 3.47. The number of aryl methyl sites for hydroxylation is 3. The molecule has 0 amide bonds. The van der Waals surface area contributed by atoms with Crippen LogP contribution in [0.4, 0.5) is 11.5 Å². The van der Waals surface area contributed by atoms with Crippen LogP contribution in [-0.4, -0.2) is 21.6 Å². The zero-order valence-electron chi connectivity index (χ0n) is 16.3. The summed E-state index contributed by atoms with van der Waals surface area (Å²) in [6, 6.07) is 17.5. The molecule has 4 aromatic rings. The lowest BCUT2D eigenvalue weighted by atomic mass is 10.0. The Kier molecular flexibility index (Phi) is 4.40. The van der Waals surface area contributed by atoms with E-state index in [0.717, 1.165) is 29.0 Å². The Bertz CT molecular complexity index is 1090. The number of hydrogen-bond acceptors (Lipinski definition) is 3. The largest absolute Gasteiger partial charge is 0.334 e. The van der Waals surface area contributed by atoms with Crippen LogP contribution in [0.3, 0.4) is 0 Å². The molecule has 0 spiro atoms. The van der Waals surface area contributed by atoms with Gasteiger partial charge in [0, 0.05) is 25.8 Å². The van der Waals surface area contributed by atoms with Crippen LogP contribution < -0.4 is 4.90 Å². The number of aromatic nitrogens is 3. The molecule has 136 valence electrons. The Morgan fingerprint density at radius 2 is 1.67 bits per heavy atom. The molecule has 2 heterocycles. The van der Waals surface area contributed by atoms with Crippen molar-refractivity contribution in [2.75, 3.05) is 11.9 Å². The van der Waals surface area contributed by atoms with E-state index in [1.165, 1.54) is 22.3 Å². The minimum Gasteiger partial charge on any atom is -0.334 e. The summed E-state index contributed by atoms with van der Waals surface area (Å²) >= 11 is 0. The topological polar surface area (TPSA) is 34.0 Å². The van der Waals surface area contributed by atoms with Gasteiger partial charge in [-0.25, -0.2) is 9.97 Å². The highest BCUT2D eigenvalue weighted by Gasteiger charge is 2.11. The van der Waals surface area contributed by atoms with E-state index in [-0.39, 0.29) is 0 Å². The van der Waals surface area contributed by atoms with Gasteiger partial charge in [-0.05, 0) is 43.0 Å². The lowest BCUT2D eigenvalue weighted by Crippen LogP contribution is -2.12. The molecule has 4 nitrogen and oxygen atoms in total. The quantitative estimate of drug-likeness (QED) is 0.519. The predicted octanol–water partition coefficient (Wildman–Crippen LogP) is 4.94. The second-order valence-electron chi connectivity index (χ2n) is 7.23. The standard InChI is InChI=1S/C23H24N4/c1-16-5-7-18(8-6-16)12-19-9-10-21(17(2)11-19)27(4)23-13-22-20(14-24-23)25-15-26(22)3/h5-11,13-15H,12H2,1-4H3. The van der Waals surface area contributed by atoms with Crippen molar-refractivity contribution in [1.82, 2.24) is 14.5 Å². The van der Waals surface area contributed by atoms with Crippen LogP contribution in [0.1, 0.15) is 22.3 Å². The average Bonchev–Trinajstić information content (AvgIpc) is 3.04. The maximum absolute atomic E-state index is 4.59. The van der Waals surface area contributed by atoms with E-state index in [4.69, 9.17) is 0 Å². The van der Waals surface area contributed by atoms with Crippen LogP contribution in [0.15, 0.2) is 61.1 Å². The molecule has 0 bridgehead atoms. The maximum atomic E-state index is 4.59. The molecule has 0 N–H and O–H groups in total. The van der Waals surface area contributed by atoms with Gasteiger partial charge in [0.25, 0.3) is 0 Å². The summed E-state index contributed by atoms with van der Waals surface area (Å²) in [7, 11) is 4.07. The lowest BCUT2D eigenvalue weighted by molar-refractivity contribution is 0.946. The van der Waals surface area contributed by atoms with Gasteiger partial charge in [0.2, 0.25) is 0 Å². The van der Waals surface area contributed by atoms with E-state index in [9.17, 15) is 0 Å². The van der Waals surface area contributed by atoms with Crippen LogP contribution in [-0.2, 0) is 13.5 Å². The number of pyridine rings is 1. The van der Waals surface area contributed by atoms with Crippen LogP contribution >= 0.6 is 0 Å². The summed E-state index contributed by atoms with van der Waals surface area (Å²) in [5, 5.41) is 0. The Labute approximate surface area is 160 Å². The van der Waals surface area contributed by atoms with E-state index >= 15 is 0 Å². The first kappa shape index (κ1) is 17.3. The van der Waals surface area contributed by atoms with Gasteiger partial charge in [0.05, 0.1) is 18.0 Å². The molecule has 0 saturated carbocycles. The first-order valence-corrected chi connectivity index (χ1v) is 9.17. The van der Waals surface area contributed by atoms with Crippen molar-refractivity contribution in [2.24, 2.45) is 7.05 Å². The molecule has 0 radical (unpaired) electrons. The molecule has 4 heteroatoms. The zero-order valence-corrected chi connectivity index (χ0v) is 16.3. The summed E-state index contributed by atoms with van der Waals surface area (Å²) < 4.78 is 2.02. The number of nitrogens with zero attached hydrogens (tertiary/aromatic N) is 4. The van der Waals surface area contributed by atoms with Crippen LogP contribution in [0.2, 0.25) is 0 Å². The highest BCUT2D eigenvalue weighted by atomic mass is 15.2. The lowest BCUT2D eigenvalue weighted by Gasteiger charge is -2.21. The Balaban J connectivity index is 1.60. The average molecular weight is 356 g/mol. The molecule has 0 aliphatic carbocycles. The molecular formula is C23H24N4. The highest BCUT2D eigenvalue weighted by Crippen LogP contribution is 2.28. The molecule has 0 unspecified atom stereocenters. The van der Waals surface area contributed by atoms with E-state index in [0.29, 0.717) is 0 Å². The summed E-state index contributed by atoms with van der Waals surface area (Å²) in [5.41, 5.74) is 8.36. The third kappa shape index (κ3) is 3.43. The first-order chi connectivity index (χ1) is 13.0. The fourth-order valence-corrected chi connectivity index (χ4v) is 3.47. The smallest absolute Gasteiger partial charge is 0.134 e. The normalized spacial score (nSPS) is 11.1. The van der Waals surface area contributed by atoms with Crippen LogP contribution in [0.5, 0.6) is 0 Å². The molecule has 0 fully saturated rings. The van der Waals surface area contributed by atoms with Crippen molar-refractivity contribution in [2.45, 2.75) is 20.3 Å². The van der Waals surface area contributed by atoms with Gasteiger partial charge in [-0.3, -0.25) is 0 Å². The molecule has 2 aromatic heterocycles. The van der Waals surface area contributed by atoms with Crippen molar-refractivity contribution < 1.29 is 0 Å². The number of anilines is 2. The van der Waals surface area contributed by atoms with Gasteiger partial charge >= 0.3 is 0 Å². The molecule has 0 aliphatic heterocycles. The van der Waals surface area contributed by atoms with Gasteiger partial charge in [-0.1, -0.05) is 42.0 Å². The van der Waals surface area contributed by atoms with Crippen LogP contribution in [0.25, 0.3) is 11.0 Å². The minimum absolute atomic E-state index is 0.916. The minimum atomic E-state index is 0.916. The maximum Gasteiger partial charge on any atom is 0.134 e. The summed E-state index contributed by atoms with van der Waals surface area (Å²) in [5.74, 6) is 0.917. The Morgan fingerprint density at radius 3 is 2.41 bits per heavy atom. The van der Waals surface area contributed by atoms with Crippen molar-refractivity contribution in [1.29, 1.82) is 0 Å². The van der Waals surface area contributed by atoms with Crippen molar-refractivity contribution in [3.8, 4) is 0 Å². The summed E-state index contributed by atoms with van der Waals surface area (Å²) in [6.07, 6.45) is 4.61. The summed E-state index contributed by atoms with van der Waals surface area (Å²) in [6.45, 7) is 4.28. The molecular weight excluding hydrogens is 332 g/mol. The van der Waals surface area contributed by atoms with E-state index in [2.05, 4.69) is 84.3 Å². The molecule has 0 atom stereocenters. The predicted molar refractivity (Wildman–Crippen MR) is 112 cm³/mol. The molecule has 0 aliphatic rings. The SMILES string of the molecule is Cc1ccc(Cc2ccc(N(C)c3cc4c(cn3)ncn4C)c(C)c2)cc1. The van der Waals surface area contributed by atoms with Crippen molar-refractivity contribution >= 4 is 22.5 Å². The van der Waals surface area contributed by atoms with Gasteiger partial charge in [0.1, 0.15) is 11.3 Å². The number of fused-ring (bicyclic) bond motifs is 1. The first-order valence-electron chi connectivity index (χ1n) is 9.17. The second kappa shape index (κ2) is 6.88. The molecule has 2 aromatic carbocycles. The Hall–Kier alpha value is -3.14. The molecule has 0 saturated heterocycles. The summed E-state index contributed by atoms with van der Waals surface area (Å²) in [4.78, 5) is 11.1. The van der Waals surface area contributed by atoms with Crippen molar-refractivity contribution in [3.05, 3.63) is 83.3 Å². The van der Waals surface area contributed by atoms with Crippen LogP contribution in [0, 0.1) is 13.8 Å². The van der Waals surface area contributed by atoms with E-state index < -0.39 is 0 Å². The third-order valence-electron chi connectivity index (χ3n) is 5.09. The van der Waals surface area contributed by atoms with Gasteiger partial charge in [0.15, 0.2) is 0 Å². The van der Waals surface area contributed by atoms with Crippen molar-refractivity contribution in [3.63, 3.8) is 0 Å². The van der Waals surface area contributed by atoms with Gasteiger partial charge in [-0.15, -0.1) is 0 Å². The molecule has 27 heavy (non-hydrogen) atoms. The number of benzene rings is 2. The zero-order chi connectivity index (χ0) is 19.0. The monoisotopic (exact) mass is 356 g/mol. The van der Waals surface area contributed by atoms with E-state index in [1.807, 2.05) is 24.1 Å². The second-order valence-corrected chi connectivity index (χ2v) is 7.23. The van der Waals surface area contributed by atoms with Gasteiger partial charge < -0.3 is 9.47 Å². The van der Waals surface area contributed by atoms with Gasteiger partial charge in [-0.2, -0.15) is 0 Å².